The van der Waals surface area contributed by atoms with E-state index in [-0.39, 0.29) is 0 Å². The molecule has 0 N–H and O–H groups in total. The first kappa shape index (κ1) is 8.62. The Labute approximate surface area is 72.0 Å². The minimum Gasteiger partial charge on any atom is -0.315 e. The number of hydrogen-bond acceptors (Lipinski definition) is 2. The van der Waals surface area contributed by atoms with Crippen molar-refractivity contribution in [1.82, 2.24) is 0 Å². The molecule has 0 aliphatic heterocycles. The lowest BCUT2D eigenvalue weighted by Crippen LogP contribution is -1.91. The van der Waals surface area contributed by atoms with Gasteiger partial charge in [0.05, 0.1) is 6.61 Å². The van der Waals surface area contributed by atoms with Crippen molar-refractivity contribution >= 4 is 12.0 Å². The van der Waals surface area contributed by atoms with E-state index in [0.717, 1.165) is 13.0 Å². The van der Waals surface area contributed by atoms with Crippen LogP contribution in [0, 0.1) is 0 Å². The average Bonchev–Trinajstić information content (AvgIpc) is 2.07. The van der Waals surface area contributed by atoms with Crippen LogP contribution in [0.15, 0.2) is 30.3 Å². The Morgan fingerprint density at radius 1 is 1.27 bits per heavy atom. The molecule has 0 aromatic heterocycles. The summed E-state index contributed by atoms with van der Waals surface area (Å²) in [7, 11) is 0. The molecule has 0 bridgehead atoms. The molecule has 1 nitrogen and oxygen atoms in total. The second-order valence-corrected chi connectivity index (χ2v) is 2.79. The van der Waals surface area contributed by atoms with Crippen LogP contribution in [0.3, 0.4) is 0 Å². The molecule has 1 rings (SSSR count). The van der Waals surface area contributed by atoms with E-state index < -0.39 is 0 Å². The summed E-state index contributed by atoms with van der Waals surface area (Å²) in [5.74, 6) is 0. The Bertz CT molecular complexity index is 186. The van der Waals surface area contributed by atoms with Gasteiger partial charge in [0.1, 0.15) is 0 Å². The summed E-state index contributed by atoms with van der Waals surface area (Å²) in [4.78, 5) is 0. The van der Waals surface area contributed by atoms with Crippen LogP contribution < -0.4 is 0 Å². The molecule has 11 heavy (non-hydrogen) atoms. The summed E-state index contributed by atoms with van der Waals surface area (Å²) >= 11 is 1.42. The molecule has 0 aliphatic rings. The quantitative estimate of drug-likeness (QED) is 0.504. The van der Waals surface area contributed by atoms with E-state index in [4.69, 9.17) is 4.18 Å². The minimum atomic E-state index is 0.797. The highest BCUT2D eigenvalue weighted by molar-refractivity contribution is 7.93. The average molecular weight is 168 g/mol. The Hall–Kier alpha value is -0.470. The molecule has 0 radical (unpaired) electrons. The molecule has 0 spiro atoms. The third kappa shape index (κ3) is 3.44. The van der Waals surface area contributed by atoms with Gasteiger partial charge in [0.25, 0.3) is 0 Å². The van der Waals surface area contributed by atoms with Gasteiger partial charge in [-0.3, -0.25) is 0 Å². The minimum absolute atomic E-state index is 0.797. The third-order valence-corrected chi connectivity index (χ3v) is 1.84. The van der Waals surface area contributed by atoms with E-state index in [9.17, 15) is 0 Å². The lowest BCUT2D eigenvalue weighted by atomic mass is 10.2. The maximum atomic E-state index is 5.15. The SMILES string of the molecule is CSOCCc1ccccc1. The first-order chi connectivity index (χ1) is 5.43. The summed E-state index contributed by atoms with van der Waals surface area (Å²) in [6, 6.07) is 10.4. The molecule has 0 amide bonds. The Kier molecular flexibility index (Phi) is 4.09. The highest BCUT2D eigenvalue weighted by atomic mass is 32.2. The maximum absolute atomic E-state index is 5.15. The summed E-state index contributed by atoms with van der Waals surface area (Å²) in [6.45, 7) is 0.797. The number of hydrogen-bond donors (Lipinski definition) is 0. The van der Waals surface area contributed by atoms with Crippen LogP contribution in [0.25, 0.3) is 0 Å². The number of rotatable bonds is 4. The normalized spacial score (nSPS) is 9.91. The topological polar surface area (TPSA) is 9.23 Å². The summed E-state index contributed by atoms with van der Waals surface area (Å²) in [5.41, 5.74) is 1.33. The van der Waals surface area contributed by atoms with Crippen LogP contribution in [-0.2, 0) is 10.6 Å². The summed E-state index contributed by atoms with van der Waals surface area (Å²) < 4.78 is 5.15. The third-order valence-electron chi connectivity index (χ3n) is 1.43. The van der Waals surface area contributed by atoms with Gasteiger partial charge in [-0.05, 0) is 24.0 Å². The molecule has 0 fully saturated rings. The zero-order valence-electron chi connectivity index (χ0n) is 6.62. The molecule has 0 saturated carbocycles. The van der Waals surface area contributed by atoms with Crippen molar-refractivity contribution in [3.8, 4) is 0 Å². The van der Waals surface area contributed by atoms with Crippen molar-refractivity contribution in [1.29, 1.82) is 0 Å². The lowest BCUT2D eigenvalue weighted by molar-refractivity contribution is 0.381. The van der Waals surface area contributed by atoms with Crippen molar-refractivity contribution in [2.75, 3.05) is 12.9 Å². The second-order valence-electron chi connectivity index (χ2n) is 2.22. The fourth-order valence-electron chi connectivity index (χ4n) is 0.888. The van der Waals surface area contributed by atoms with Crippen molar-refractivity contribution < 1.29 is 4.18 Å². The van der Waals surface area contributed by atoms with Gasteiger partial charge in [-0.2, -0.15) is 0 Å². The molecule has 0 heterocycles. The number of benzene rings is 1. The van der Waals surface area contributed by atoms with Gasteiger partial charge in [-0.1, -0.05) is 30.3 Å². The van der Waals surface area contributed by atoms with Gasteiger partial charge in [0, 0.05) is 6.26 Å². The molecule has 0 aliphatic carbocycles. The zero-order valence-corrected chi connectivity index (χ0v) is 7.43. The van der Waals surface area contributed by atoms with E-state index >= 15 is 0 Å². The van der Waals surface area contributed by atoms with Crippen LogP contribution in [0.2, 0.25) is 0 Å². The van der Waals surface area contributed by atoms with Gasteiger partial charge < -0.3 is 4.18 Å². The first-order valence-corrected chi connectivity index (χ1v) is 4.78. The molecular weight excluding hydrogens is 156 g/mol. The second kappa shape index (κ2) is 5.22. The van der Waals surface area contributed by atoms with Gasteiger partial charge >= 0.3 is 0 Å². The Balaban J connectivity index is 2.28. The molecule has 60 valence electrons. The molecule has 1 aromatic rings. The van der Waals surface area contributed by atoms with Gasteiger partial charge in [0.2, 0.25) is 0 Å². The van der Waals surface area contributed by atoms with E-state index in [0.29, 0.717) is 0 Å². The van der Waals surface area contributed by atoms with Crippen LogP contribution in [0.5, 0.6) is 0 Å². The molecule has 0 saturated heterocycles. The van der Waals surface area contributed by atoms with Crippen molar-refractivity contribution in [3.63, 3.8) is 0 Å². The van der Waals surface area contributed by atoms with E-state index in [1.54, 1.807) is 0 Å². The van der Waals surface area contributed by atoms with Crippen molar-refractivity contribution in [2.24, 2.45) is 0 Å². The largest absolute Gasteiger partial charge is 0.315 e. The van der Waals surface area contributed by atoms with Crippen molar-refractivity contribution in [3.05, 3.63) is 35.9 Å². The Morgan fingerprint density at radius 2 is 2.00 bits per heavy atom. The van der Waals surface area contributed by atoms with E-state index in [1.807, 2.05) is 12.3 Å². The van der Waals surface area contributed by atoms with Gasteiger partial charge in [-0.25, -0.2) is 0 Å². The lowest BCUT2D eigenvalue weighted by Gasteiger charge is -1.98. The summed E-state index contributed by atoms with van der Waals surface area (Å²) in [5, 5.41) is 0. The van der Waals surface area contributed by atoms with E-state index in [1.165, 1.54) is 17.6 Å². The molecule has 2 heteroatoms. The van der Waals surface area contributed by atoms with Crippen LogP contribution in [0.1, 0.15) is 5.56 Å². The predicted molar refractivity (Wildman–Crippen MR) is 49.6 cm³/mol. The monoisotopic (exact) mass is 168 g/mol. The van der Waals surface area contributed by atoms with Crippen LogP contribution >= 0.6 is 12.0 Å². The maximum Gasteiger partial charge on any atom is 0.0654 e. The predicted octanol–water partition coefficient (Wildman–Crippen LogP) is 2.52. The molecule has 1 aromatic carbocycles. The zero-order chi connectivity index (χ0) is 7.94. The fraction of sp³-hybridized carbons (Fsp3) is 0.333. The molecule has 0 unspecified atom stereocenters. The van der Waals surface area contributed by atoms with Crippen LogP contribution in [0.4, 0.5) is 0 Å². The fourth-order valence-corrected chi connectivity index (χ4v) is 1.14. The van der Waals surface area contributed by atoms with Crippen molar-refractivity contribution in [2.45, 2.75) is 6.42 Å². The standard InChI is InChI=1S/C9H12OS/c1-11-10-8-7-9-5-3-2-4-6-9/h2-6H,7-8H2,1H3. The molecular formula is C9H12OS. The molecule has 0 atom stereocenters. The van der Waals surface area contributed by atoms with Gasteiger partial charge in [0.15, 0.2) is 0 Å². The highest BCUT2D eigenvalue weighted by Crippen LogP contribution is 2.02. The van der Waals surface area contributed by atoms with Crippen LogP contribution in [-0.4, -0.2) is 12.9 Å². The first-order valence-electron chi connectivity index (χ1n) is 3.63. The highest BCUT2D eigenvalue weighted by Gasteiger charge is 1.89. The smallest absolute Gasteiger partial charge is 0.0654 e. The van der Waals surface area contributed by atoms with Gasteiger partial charge in [-0.15, -0.1) is 0 Å². The van der Waals surface area contributed by atoms with E-state index in [2.05, 4.69) is 24.3 Å². The summed E-state index contributed by atoms with van der Waals surface area (Å²) in [6.07, 6.45) is 2.94. The Morgan fingerprint density at radius 3 is 2.64 bits per heavy atom.